The fourth-order valence-electron chi connectivity index (χ4n) is 6.47. The molecule has 4 nitrogen and oxygen atoms in total. The van der Waals surface area contributed by atoms with E-state index in [1.54, 1.807) is 7.11 Å². The lowest BCUT2D eigenvalue weighted by atomic mass is 9.51. The van der Waals surface area contributed by atoms with Gasteiger partial charge in [-0.25, -0.2) is 0 Å². The number of rotatable bonds is 3. The lowest BCUT2D eigenvalue weighted by Crippen LogP contribution is -2.72. The van der Waals surface area contributed by atoms with Crippen molar-refractivity contribution in [2.24, 2.45) is 5.92 Å². The van der Waals surface area contributed by atoms with Gasteiger partial charge in [0.2, 0.25) is 0 Å². The fourth-order valence-corrected chi connectivity index (χ4v) is 6.47. The van der Waals surface area contributed by atoms with Gasteiger partial charge in [-0.05, 0) is 94.6 Å². The van der Waals surface area contributed by atoms with Gasteiger partial charge in [-0.15, -0.1) is 0 Å². The number of aliphatic hydroxyl groups is 1. The first-order valence-corrected chi connectivity index (χ1v) is 10.8. The number of ether oxygens (including phenoxy) is 1. The van der Waals surface area contributed by atoms with Crippen molar-refractivity contribution in [2.45, 2.75) is 75.0 Å². The lowest BCUT2D eigenvalue weighted by Gasteiger charge is -2.62. The smallest absolute Gasteiger partial charge is 0.119 e. The summed E-state index contributed by atoms with van der Waals surface area (Å²) in [6.45, 7) is 7.75. The monoisotopic (exact) mass is 370 g/mol. The molecule has 4 aliphatic rings. The Morgan fingerprint density at radius 3 is 2.81 bits per heavy atom. The number of methoxy groups -OCH3 is 1. The predicted octanol–water partition coefficient (Wildman–Crippen LogP) is 2.87. The Morgan fingerprint density at radius 1 is 1.26 bits per heavy atom. The first-order valence-electron chi connectivity index (χ1n) is 10.8. The molecule has 2 bridgehead atoms. The summed E-state index contributed by atoms with van der Waals surface area (Å²) in [5, 5.41) is 16.2. The highest BCUT2D eigenvalue weighted by Gasteiger charge is 2.64. The first-order chi connectivity index (χ1) is 12.9. The molecule has 0 spiro atoms. The molecule has 2 heterocycles. The number of nitrogens with one attached hydrogen (secondary N) is 1. The standard InChI is InChI=1S/C23H34N2O2/c1-21(2)15-23(26)20-12-17-6-7-18(27-3)13-19(17)22(23,8-10-24-21)9-11-25(20)14-16-4-5-16/h6-7,13,16,20,24,26H,4-5,8-12,14-15H2,1-3H3/t20-,22+,23-/m1/s1. The van der Waals surface area contributed by atoms with Crippen LogP contribution in [0.4, 0.5) is 0 Å². The molecule has 0 amide bonds. The minimum atomic E-state index is -0.688. The van der Waals surface area contributed by atoms with E-state index in [1.807, 2.05) is 0 Å². The third-order valence-corrected chi connectivity index (χ3v) is 7.95. The van der Waals surface area contributed by atoms with Gasteiger partial charge in [-0.3, -0.25) is 4.90 Å². The molecule has 1 aromatic rings. The van der Waals surface area contributed by atoms with Crippen molar-refractivity contribution >= 4 is 0 Å². The van der Waals surface area contributed by atoms with Gasteiger partial charge in [0.15, 0.2) is 0 Å². The third kappa shape index (κ3) is 2.67. The van der Waals surface area contributed by atoms with E-state index < -0.39 is 5.60 Å². The summed E-state index contributed by atoms with van der Waals surface area (Å²) in [6, 6.07) is 6.81. The largest absolute Gasteiger partial charge is 0.497 e. The molecular formula is C23H34N2O2. The van der Waals surface area contributed by atoms with Crippen LogP contribution in [0.3, 0.4) is 0 Å². The molecule has 2 aliphatic heterocycles. The van der Waals surface area contributed by atoms with Crippen molar-refractivity contribution in [3.05, 3.63) is 29.3 Å². The number of hydrogen-bond donors (Lipinski definition) is 2. The zero-order valence-corrected chi connectivity index (χ0v) is 17.1. The van der Waals surface area contributed by atoms with Gasteiger partial charge in [0.1, 0.15) is 5.75 Å². The van der Waals surface area contributed by atoms with Crippen molar-refractivity contribution in [2.75, 3.05) is 26.7 Å². The van der Waals surface area contributed by atoms with Crippen molar-refractivity contribution in [3.8, 4) is 5.75 Å². The molecule has 3 fully saturated rings. The lowest BCUT2D eigenvalue weighted by molar-refractivity contribution is -0.156. The molecule has 1 aromatic carbocycles. The Bertz CT molecular complexity index is 744. The summed E-state index contributed by atoms with van der Waals surface area (Å²) in [4.78, 5) is 2.64. The Labute approximate surface area is 163 Å². The zero-order chi connectivity index (χ0) is 18.9. The summed E-state index contributed by atoms with van der Waals surface area (Å²) in [5.41, 5.74) is 1.87. The molecule has 0 radical (unpaired) electrons. The second kappa shape index (κ2) is 5.95. The zero-order valence-electron chi connectivity index (χ0n) is 17.1. The van der Waals surface area contributed by atoms with Gasteiger partial charge in [0.05, 0.1) is 12.7 Å². The van der Waals surface area contributed by atoms with Crippen LogP contribution in [0.25, 0.3) is 0 Å². The van der Waals surface area contributed by atoms with Crippen molar-refractivity contribution in [1.29, 1.82) is 0 Å². The normalized spacial score (nSPS) is 37.9. The summed E-state index contributed by atoms with van der Waals surface area (Å²) >= 11 is 0. The Morgan fingerprint density at radius 2 is 2.07 bits per heavy atom. The second-order valence-corrected chi connectivity index (χ2v) is 10.2. The van der Waals surface area contributed by atoms with Crippen LogP contribution < -0.4 is 10.1 Å². The van der Waals surface area contributed by atoms with Crippen LogP contribution in [0, 0.1) is 5.92 Å². The minimum absolute atomic E-state index is 0.0479. The maximum atomic E-state index is 12.5. The van der Waals surface area contributed by atoms with Gasteiger partial charge >= 0.3 is 0 Å². The molecule has 3 atom stereocenters. The van der Waals surface area contributed by atoms with Gasteiger partial charge in [0.25, 0.3) is 0 Å². The molecule has 2 saturated heterocycles. The number of likely N-dealkylation sites (tertiary alicyclic amines) is 1. The van der Waals surface area contributed by atoms with E-state index in [0.29, 0.717) is 0 Å². The van der Waals surface area contributed by atoms with E-state index in [0.717, 1.165) is 50.4 Å². The summed E-state index contributed by atoms with van der Waals surface area (Å²) < 4.78 is 5.57. The van der Waals surface area contributed by atoms with Crippen LogP contribution >= 0.6 is 0 Å². The van der Waals surface area contributed by atoms with Crippen molar-refractivity contribution < 1.29 is 9.84 Å². The molecular weight excluding hydrogens is 336 g/mol. The highest BCUT2D eigenvalue weighted by Crippen LogP contribution is 2.57. The van der Waals surface area contributed by atoms with Crippen LogP contribution in [0.1, 0.15) is 57.1 Å². The quantitative estimate of drug-likeness (QED) is 0.859. The molecule has 0 unspecified atom stereocenters. The number of benzene rings is 1. The summed E-state index contributed by atoms with van der Waals surface area (Å²) in [5.74, 6) is 1.77. The van der Waals surface area contributed by atoms with Crippen LogP contribution in [0.2, 0.25) is 0 Å². The van der Waals surface area contributed by atoms with Crippen LogP contribution in [0.15, 0.2) is 18.2 Å². The number of fused-ring (bicyclic) bond motifs is 1. The van der Waals surface area contributed by atoms with E-state index in [4.69, 9.17) is 4.74 Å². The van der Waals surface area contributed by atoms with Gasteiger partial charge in [-0.2, -0.15) is 0 Å². The summed E-state index contributed by atoms with van der Waals surface area (Å²) in [6.07, 6.45) is 6.55. The average molecular weight is 371 g/mol. The molecule has 4 heteroatoms. The van der Waals surface area contributed by atoms with Crippen molar-refractivity contribution in [3.63, 3.8) is 0 Å². The second-order valence-electron chi connectivity index (χ2n) is 10.2. The van der Waals surface area contributed by atoms with Crippen molar-refractivity contribution in [1.82, 2.24) is 10.2 Å². The van der Waals surface area contributed by atoms with E-state index >= 15 is 0 Å². The number of piperidine rings is 1. The minimum Gasteiger partial charge on any atom is -0.497 e. The third-order valence-electron chi connectivity index (χ3n) is 7.95. The maximum absolute atomic E-state index is 12.5. The number of hydrogen-bond acceptors (Lipinski definition) is 4. The Kier molecular flexibility index (Phi) is 3.96. The van der Waals surface area contributed by atoms with Crippen LogP contribution in [0.5, 0.6) is 5.75 Å². The SMILES string of the molecule is COc1ccc2c(c1)[C@@]13CCNC(C)(C)C[C@@]1(O)[C@@H](C2)N(CC1CC1)CC3. The average Bonchev–Trinajstić information content (AvgIpc) is 3.43. The Balaban J connectivity index is 1.66. The number of nitrogens with zero attached hydrogens (tertiary/aromatic N) is 1. The highest BCUT2D eigenvalue weighted by molar-refractivity contribution is 5.48. The molecule has 27 heavy (non-hydrogen) atoms. The first kappa shape index (κ1) is 18.0. The van der Waals surface area contributed by atoms with Gasteiger partial charge in [0, 0.05) is 23.5 Å². The van der Waals surface area contributed by atoms with E-state index in [-0.39, 0.29) is 17.0 Å². The fraction of sp³-hybridized carbons (Fsp3) is 0.739. The van der Waals surface area contributed by atoms with Gasteiger partial charge in [-0.1, -0.05) is 6.07 Å². The summed E-state index contributed by atoms with van der Waals surface area (Å²) in [7, 11) is 1.74. The molecule has 2 N–H and O–H groups in total. The topological polar surface area (TPSA) is 44.7 Å². The maximum Gasteiger partial charge on any atom is 0.119 e. The van der Waals surface area contributed by atoms with E-state index in [2.05, 4.69) is 42.3 Å². The van der Waals surface area contributed by atoms with E-state index in [1.165, 1.54) is 30.5 Å². The van der Waals surface area contributed by atoms with Gasteiger partial charge < -0.3 is 15.2 Å². The van der Waals surface area contributed by atoms with E-state index in [9.17, 15) is 5.11 Å². The molecule has 148 valence electrons. The molecule has 5 rings (SSSR count). The molecule has 0 aromatic heterocycles. The van der Waals surface area contributed by atoms with Crippen LogP contribution in [-0.4, -0.2) is 53.9 Å². The van der Waals surface area contributed by atoms with Crippen LogP contribution in [-0.2, 0) is 11.8 Å². The molecule has 2 aliphatic carbocycles. The highest BCUT2D eigenvalue weighted by atomic mass is 16.5. The Hall–Kier alpha value is -1.10. The molecule has 1 saturated carbocycles. The predicted molar refractivity (Wildman–Crippen MR) is 107 cm³/mol.